The SMILES string of the molecule is [CH2]COC(=O)C(C)(C)OC. The van der Waals surface area contributed by atoms with Crippen molar-refractivity contribution in [3.8, 4) is 0 Å². The van der Waals surface area contributed by atoms with Crippen LogP contribution in [0.3, 0.4) is 0 Å². The maximum Gasteiger partial charge on any atom is 0.337 e. The van der Waals surface area contributed by atoms with Crippen molar-refractivity contribution in [1.82, 2.24) is 0 Å². The van der Waals surface area contributed by atoms with Crippen LogP contribution in [0, 0.1) is 6.92 Å². The molecule has 0 heterocycles. The van der Waals surface area contributed by atoms with Gasteiger partial charge in [-0.2, -0.15) is 0 Å². The monoisotopic (exact) mass is 145 g/mol. The first-order valence-corrected chi connectivity index (χ1v) is 3.06. The minimum Gasteiger partial charge on any atom is -0.464 e. The summed E-state index contributed by atoms with van der Waals surface area (Å²) in [6, 6.07) is 0. The lowest BCUT2D eigenvalue weighted by molar-refractivity contribution is -0.163. The normalized spacial score (nSPS) is 11.2. The lowest BCUT2D eigenvalue weighted by Crippen LogP contribution is -2.35. The number of ether oxygens (including phenoxy) is 2. The van der Waals surface area contributed by atoms with Crippen molar-refractivity contribution in [3.63, 3.8) is 0 Å². The Morgan fingerprint density at radius 3 is 2.40 bits per heavy atom. The minimum absolute atomic E-state index is 0.144. The molecule has 3 nitrogen and oxygen atoms in total. The van der Waals surface area contributed by atoms with Crippen LogP contribution in [-0.4, -0.2) is 25.3 Å². The van der Waals surface area contributed by atoms with Crippen LogP contribution in [0.5, 0.6) is 0 Å². The molecule has 0 amide bonds. The Hall–Kier alpha value is -0.570. The third kappa shape index (κ3) is 2.35. The van der Waals surface area contributed by atoms with E-state index in [0.717, 1.165) is 0 Å². The summed E-state index contributed by atoms with van der Waals surface area (Å²) in [6.07, 6.45) is 0. The zero-order chi connectivity index (χ0) is 8.20. The van der Waals surface area contributed by atoms with Gasteiger partial charge in [-0.05, 0) is 20.8 Å². The average Bonchev–Trinajstić information content (AvgIpc) is 1.89. The van der Waals surface area contributed by atoms with E-state index < -0.39 is 5.60 Å². The summed E-state index contributed by atoms with van der Waals surface area (Å²) < 4.78 is 9.47. The smallest absolute Gasteiger partial charge is 0.337 e. The van der Waals surface area contributed by atoms with Gasteiger partial charge in [0, 0.05) is 7.11 Å². The molecule has 3 heteroatoms. The van der Waals surface area contributed by atoms with E-state index in [2.05, 4.69) is 11.7 Å². The maximum atomic E-state index is 10.9. The number of carbonyl (C=O) groups excluding carboxylic acids is 1. The number of rotatable bonds is 3. The fraction of sp³-hybridized carbons (Fsp3) is 0.714. The van der Waals surface area contributed by atoms with Crippen LogP contribution in [-0.2, 0) is 14.3 Å². The van der Waals surface area contributed by atoms with Crippen LogP contribution < -0.4 is 0 Å². The molecule has 0 aromatic heterocycles. The molecule has 0 aliphatic rings. The molecule has 0 spiro atoms. The van der Waals surface area contributed by atoms with Crippen LogP contribution in [0.25, 0.3) is 0 Å². The highest BCUT2D eigenvalue weighted by molar-refractivity contribution is 5.78. The van der Waals surface area contributed by atoms with Gasteiger partial charge in [0.15, 0.2) is 5.60 Å². The van der Waals surface area contributed by atoms with E-state index >= 15 is 0 Å². The quantitative estimate of drug-likeness (QED) is 0.551. The number of hydrogen-bond donors (Lipinski definition) is 0. The predicted molar refractivity (Wildman–Crippen MR) is 37.4 cm³/mol. The molecule has 0 saturated carbocycles. The molecule has 59 valence electrons. The molecule has 0 aliphatic carbocycles. The molecular formula is C7H13O3. The summed E-state index contributed by atoms with van der Waals surface area (Å²) in [5.74, 6) is -0.384. The highest BCUT2D eigenvalue weighted by Gasteiger charge is 2.28. The second kappa shape index (κ2) is 3.56. The van der Waals surface area contributed by atoms with Gasteiger partial charge in [-0.3, -0.25) is 0 Å². The number of carbonyl (C=O) groups is 1. The standard InChI is InChI=1S/C7H13O3/c1-5-10-6(8)7(2,3)9-4/h1,5H2,2-4H3. The molecule has 0 N–H and O–H groups in total. The van der Waals surface area contributed by atoms with Crippen molar-refractivity contribution in [3.05, 3.63) is 6.92 Å². The van der Waals surface area contributed by atoms with Crippen molar-refractivity contribution in [2.45, 2.75) is 19.4 Å². The van der Waals surface area contributed by atoms with Crippen LogP contribution in [0.4, 0.5) is 0 Å². The summed E-state index contributed by atoms with van der Waals surface area (Å²) in [5, 5.41) is 0. The zero-order valence-corrected chi connectivity index (χ0v) is 6.64. The van der Waals surface area contributed by atoms with Gasteiger partial charge in [0.25, 0.3) is 0 Å². The van der Waals surface area contributed by atoms with Gasteiger partial charge in [-0.1, -0.05) is 0 Å². The Bertz CT molecular complexity index is 118. The first-order valence-electron chi connectivity index (χ1n) is 3.06. The molecule has 1 radical (unpaired) electrons. The van der Waals surface area contributed by atoms with Crippen molar-refractivity contribution in [1.29, 1.82) is 0 Å². The van der Waals surface area contributed by atoms with E-state index in [1.54, 1.807) is 13.8 Å². The predicted octanol–water partition coefficient (Wildman–Crippen LogP) is 0.789. The second-order valence-corrected chi connectivity index (χ2v) is 2.35. The van der Waals surface area contributed by atoms with Crippen LogP contribution in [0.15, 0.2) is 0 Å². The Morgan fingerprint density at radius 1 is 1.60 bits per heavy atom. The van der Waals surface area contributed by atoms with E-state index in [1.165, 1.54) is 7.11 Å². The van der Waals surface area contributed by atoms with E-state index in [1.807, 2.05) is 0 Å². The van der Waals surface area contributed by atoms with E-state index in [0.29, 0.717) is 0 Å². The van der Waals surface area contributed by atoms with Gasteiger partial charge in [0.1, 0.15) is 0 Å². The fourth-order valence-electron chi connectivity index (χ4n) is 0.350. The molecule has 0 aromatic rings. The molecule has 0 rings (SSSR count). The Balaban J connectivity index is 3.91. The van der Waals surface area contributed by atoms with Crippen LogP contribution in [0.1, 0.15) is 13.8 Å². The highest BCUT2D eigenvalue weighted by atomic mass is 16.6. The van der Waals surface area contributed by atoms with E-state index in [4.69, 9.17) is 4.74 Å². The lowest BCUT2D eigenvalue weighted by Gasteiger charge is -2.19. The van der Waals surface area contributed by atoms with Crippen LogP contribution in [0.2, 0.25) is 0 Å². The first-order chi connectivity index (χ1) is 4.54. The van der Waals surface area contributed by atoms with Crippen molar-refractivity contribution < 1.29 is 14.3 Å². The molecular weight excluding hydrogens is 132 g/mol. The fourth-order valence-corrected chi connectivity index (χ4v) is 0.350. The second-order valence-electron chi connectivity index (χ2n) is 2.35. The lowest BCUT2D eigenvalue weighted by atomic mass is 10.1. The van der Waals surface area contributed by atoms with Crippen molar-refractivity contribution in [2.24, 2.45) is 0 Å². The van der Waals surface area contributed by atoms with Crippen molar-refractivity contribution >= 4 is 5.97 Å². The topological polar surface area (TPSA) is 35.5 Å². The highest BCUT2D eigenvalue weighted by Crippen LogP contribution is 2.08. The Labute approximate surface area is 61.3 Å². The summed E-state index contributed by atoms with van der Waals surface area (Å²) in [4.78, 5) is 10.9. The largest absolute Gasteiger partial charge is 0.464 e. The third-order valence-electron chi connectivity index (χ3n) is 1.24. The van der Waals surface area contributed by atoms with Crippen LogP contribution >= 0.6 is 0 Å². The molecule has 0 atom stereocenters. The molecule has 10 heavy (non-hydrogen) atoms. The number of methoxy groups -OCH3 is 1. The number of hydrogen-bond acceptors (Lipinski definition) is 3. The first kappa shape index (κ1) is 9.43. The summed E-state index contributed by atoms with van der Waals surface area (Å²) in [5.41, 5.74) is -0.850. The summed E-state index contributed by atoms with van der Waals surface area (Å²) in [6.45, 7) is 6.81. The molecule has 0 aromatic carbocycles. The molecule has 0 aliphatic heterocycles. The minimum atomic E-state index is -0.850. The molecule has 0 unspecified atom stereocenters. The molecule has 0 fully saturated rings. The summed E-state index contributed by atoms with van der Waals surface area (Å²) in [7, 11) is 1.46. The van der Waals surface area contributed by atoms with Gasteiger partial charge in [-0.15, -0.1) is 0 Å². The molecule has 0 saturated heterocycles. The maximum absolute atomic E-state index is 10.9. The number of esters is 1. The van der Waals surface area contributed by atoms with Crippen molar-refractivity contribution in [2.75, 3.05) is 13.7 Å². The van der Waals surface area contributed by atoms with Gasteiger partial charge < -0.3 is 9.47 Å². The Morgan fingerprint density at radius 2 is 2.10 bits per heavy atom. The van der Waals surface area contributed by atoms with Gasteiger partial charge in [0.05, 0.1) is 6.61 Å². The van der Waals surface area contributed by atoms with E-state index in [-0.39, 0.29) is 12.6 Å². The Kier molecular flexibility index (Phi) is 3.36. The zero-order valence-electron chi connectivity index (χ0n) is 6.64. The van der Waals surface area contributed by atoms with Gasteiger partial charge in [-0.25, -0.2) is 4.79 Å². The van der Waals surface area contributed by atoms with Gasteiger partial charge in [0.2, 0.25) is 0 Å². The molecule has 0 bridgehead atoms. The van der Waals surface area contributed by atoms with Gasteiger partial charge >= 0.3 is 5.97 Å². The third-order valence-corrected chi connectivity index (χ3v) is 1.24. The summed E-state index contributed by atoms with van der Waals surface area (Å²) >= 11 is 0. The van der Waals surface area contributed by atoms with E-state index in [9.17, 15) is 4.79 Å². The average molecular weight is 145 g/mol.